The Morgan fingerprint density at radius 2 is 1.82 bits per heavy atom. The van der Waals surface area contributed by atoms with Crippen LogP contribution in [0.3, 0.4) is 0 Å². The Bertz CT molecular complexity index is 1030. The maximum Gasteiger partial charge on any atom is 0.248 e. The van der Waals surface area contributed by atoms with Crippen molar-refractivity contribution in [3.8, 4) is 11.6 Å². The molecule has 1 fully saturated rings. The number of hydrogen-bond donors (Lipinski definition) is 0. The topological polar surface area (TPSA) is 102 Å². The van der Waals surface area contributed by atoms with Gasteiger partial charge in [0.1, 0.15) is 28.6 Å². The van der Waals surface area contributed by atoms with Gasteiger partial charge in [-0.05, 0) is 19.1 Å². The van der Waals surface area contributed by atoms with Crippen LogP contribution in [-0.4, -0.2) is 54.0 Å². The second kappa shape index (κ2) is 7.56. The largest absolute Gasteiger partial charge is 0.439 e. The van der Waals surface area contributed by atoms with Crippen LogP contribution in [0.5, 0.6) is 11.6 Å². The number of anilines is 1. The highest BCUT2D eigenvalue weighted by molar-refractivity contribution is 7.89. The van der Waals surface area contributed by atoms with Crippen molar-refractivity contribution in [1.82, 2.24) is 19.4 Å². The molecule has 1 aromatic carbocycles. The molecule has 0 saturated carbocycles. The Morgan fingerprint density at radius 3 is 2.50 bits per heavy atom. The Balaban J connectivity index is 1.47. The number of para-hydroxylation sites is 1. The minimum absolute atomic E-state index is 0.0670. The molecule has 0 aliphatic carbocycles. The SMILES string of the molecule is Cc1nc(Oc2ccccc2)cc(N2CCN(S(=O)(=O)c3cnoc3)CC2)n1. The molecular weight excluding hydrogens is 382 g/mol. The van der Waals surface area contributed by atoms with Crippen molar-refractivity contribution in [2.75, 3.05) is 31.1 Å². The van der Waals surface area contributed by atoms with Gasteiger partial charge >= 0.3 is 0 Å². The summed E-state index contributed by atoms with van der Waals surface area (Å²) in [6.07, 6.45) is 2.35. The Morgan fingerprint density at radius 1 is 1.07 bits per heavy atom. The number of sulfonamides is 1. The molecule has 28 heavy (non-hydrogen) atoms. The van der Waals surface area contributed by atoms with Crippen LogP contribution in [0.25, 0.3) is 0 Å². The lowest BCUT2D eigenvalue weighted by molar-refractivity contribution is 0.381. The molecule has 9 nitrogen and oxygen atoms in total. The summed E-state index contributed by atoms with van der Waals surface area (Å²) in [6.45, 7) is 3.49. The molecule has 0 atom stereocenters. The Hall–Kier alpha value is -2.98. The molecule has 1 saturated heterocycles. The van der Waals surface area contributed by atoms with Crippen molar-refractivity contribution in [3.63, 3.8) is 0 Å². The number of ether oxygens (including phenoxy) is 1. The third kappa shape index (κ3) is 3.82. The Labute approximate surface area is 162 Å². The van der Waals surface area contributed by atoms with E-state index in [0.29, 0.717) is 49.5 Å². The molecule has 1 aliphatic rings. The van der Waals surface area contributed by atoms with Gasteiger partial charge in [0.05, 0.1) is 6.20 Å². The molecule has 3 heterocycles. The predicted octanol–water partition coefficient (Wildman–Crippen LogP) is 2.08. The highest BCUT2D eigenvalue weighted by Gasteiger charge is 2.30. The van der Waals surface area contributed by atoms with Crippen molar-refractivity contribution in [2.45, 2.75) is 11.8 Å². The fourth-order valence-corrected chi connectivity index (χ4v) is 4.26. The molecule has 0 amide bonds. The van der Waals surface area contributed by atoms with Crippen LogP contribution in [0, 0.1) is 6.92 Å². The van der Waals surface area contributed by atoms with Gasteiger partial charge in [0.2, 0.25) is 15.9 Å². The van der Waals surface area contributed by atoms with E-state index in [1.165, 1.54) is 10.5 Å². The van der Waals surface area contributed by atoms with E-state index in [4.69, 9.17) is 4.74 Å². The van der Waals surface area contributed by atoms with Crippen molar-refractivity contribution < 1.29 is 17.7 Å². The van der Waals surface area contributed by atoms with E-state index in [1.807, 2.05) is 35.2 Å². The van der Waals surface area contributed by atoms with Crippen LogP contribution in [0.1, 0.15) is 5.82 Å². The van der Waals surface area contributed by atoms with Crippen molar-refractivity contribution in [2.24, 2.45) is 0 Å². The summed E-state index contributed by atoms with van der Waals surface area (Å²) < 4.78 is 37.0. The van der Waals surface area contributed by atoms with Crippen molar-refractivity contribution in [3.05, 3.63) is 54.7 Å². The maximum atomic E-state index is 12.6. The minimum Gasteiger partial charge on any atom is -0.439 e. The van der Waals surface area contributed by atoms with Gasteiger partial charge in [-0.1, -0.05) is 23.4 Å². The molecule has 10 heteroatoms. The minimum atomic E-state index is -3.59. The van der Waals surface area contributed by atoms with Crippen molar-refractivity contribution >= 4 is 15.8 Å². The zero-order chi connectivity index (χ0) is 19.6. The van der Waals surface area contributed by atoms with Crippen LogP contribution < -0.4 is 9.64 Å². The maximum absolute atomic E-state index is 12.6. The number of hydrogen-bond acceptors (Lipinski definition) is 8. The molecule has 0 N–H and O–H groups in total. The van der Waals surface area contributed by atoms with Gasteiger partial charge in [-0.15, -0.1) is 0 Å². The van der Waals surface area contributed by atoms with E-state index in [0.717, 1.165) is 6.26 Å². The quantitative estimate of drug-likeness (QED) is 0.640. The highest BCUT2D eigenvalue weighted by Crippen LogP contribution is 2.25. The Kier molecular flexibility index (Phi) is 4.97. The average molecular weight is 401 g/mol. The third-order valence-electron chi connectivity index (χ3n) is 4.38. The molecule has 146 valence electrons. The third-order valence-corrected chi connectivity index (χ3v) is 6.22. The molecule has 1 aliphatic heterocycles. The van der Waals surface area contributed by atoms with Gasteiger partial charge in [0, 0.05) is 32.2 Å². The first kappa shape index (κ1) is 18.4. The molecule has 0 unspecified atom stereocenters. The second-order valence-electron chi connectivity index (χ2n) is 6.28. The average Bonchev–Trinajstić information content (AvgIpc) is 3.24. The van der Waals surface area contributed by atoms with Crippen LogP contribution in [0.15, 0.2) is 58.3 Å². The van der Waals surface area contributed by atoms with Crippen LogP contribution in [-0.2, 0) is 10.0 Å². The molecule has 3 aromatic rings. The number of benzene rings is 1. The smallest absolute Gasteiger partial charge is 0.248 e. The summed E-state index contributed by atoms with van der Waals surface area (Å²) in [5, 5.41) is 3.48. The molecule has 4 rings (SSSR count). The number of nitrogens with zero attached hydrogens (tertiary/aromatic N) is 5. The molecule has 0 radical (unpaired) electrons. The first-order chi connectivity index (χ1) is 13.5. The fraction of sp³-hybridized carbons (Fsp3) is 0.278. The van der Waals surface area contributed by atoms with Gasteiger partial charge < -0.3 is 14.2 Å². The standard InChI is InChI=1S/C18H19N5O4S/c1-14-20-17(11-18(21-14)27-15-5-3-2-4-6-15)22-7-9-23(10-8-22)28(24,25)16-12-19-26-13-16/h2-6,11-13H,7-10H2,1H3. The molecule has 2 aromatic heterocycles. The van der Waals surface area contributed by atoms with E-state index < -0.39 is 10.0 Å². The van der Waals surface area contributed by atoms with Gasteiger partial charge in [-0.2, -0.15) is 9.29 Å². The number of rotatable bonds is 5. The fourth-order valence-electron chi connectivity index (χ4n) is 2.98. The van der Waals surface area contributed by atoms with E-state index in [9.17, 15) is 8.42 Å². The summed E-state index contributed by atoms with van der Waals surface area (Å²) >= 11 is 0. The number of piperazine rings is 1. The normalized spacial score (nSPS) is 15.5. The van der Waals surface area contributed by atoms with E-state index in [1.54, 1.807) is 13.0 Å². The summed E-state index contributed by atoms with van der Waals surface area (Å²) in [7, 11) is -3.59. The van der Waals surface area contributed by atoms with Crippen LogP contribution in [0.4, 0.5) is 5.82 Å². The predicted molar refractivity (Wildman–Crippen MR) is 101 cm³/mol. The zero-order valence-corrected chi connectivity index (χ0v) is 16.0. The lowest BCUT2D eigenvalue weighted by atomic mass is 10.3. The highest BCUT2D eigenvalue weighted by atomic mass is 32.2. The van der Waals surface area contributed by atoms with Gasteiger partial charge in [-0.25, -0.2) is 13.4 Å². The molecule has 0 bridgehead atoms. The monoisotopic (exact) mass is 401 g/mol. The summed E-state index contributed by atoms with van der Waals surface area (Å²) in [6, 6.07) is 11.2. The van der Waals surface area contributed by atoms with Crippen molar-refractivity contribution in [1.29, 1.82) is 0 Å². The summed E-state index contributed by atoms with van der Waals surface area (Å²) in [4.78, 5) is 10.9. The number of aromatic nitrogens is 3. The van der Waals surface area contributed by atoms with Crippen LogP contribution in [0.2, 0.25) is 0 Å². The number of aryl methyl sites for hydroxylation is 1. The lowest BCUT2D eigenvalue weighted by Gasteiger charge is -2.34. The summed E-state index contributed by atoms with van der Waals surface area (Å²) in [5.41, 5.74) is 0. The summed E-state index contributed by atoms with van der Waals surface area (Å²) in [5.74, 6) is 2.44. The van der Waals surface area contributed by atoms with Crippen LogP contribution >= 0.6 is 0 Å². The first-order valence-corrected chi connectivity index (χ1v) is 10.2. The van der Waals surface area contributed by atoms with Gasteiger partial charge in [-0.3, -0.25) is 0 Å². The van der Waals surface area contributed by atoms with Gasteiger partial charge in [0.15, 0.2) is 0 Å². The first-order valence-electron chi connectivity index (χ1n) is 8.75. The zero-order valence-electron chi connectivity index (χ0n) is 15.2. The molecular formula is C18H19N5O4S. The van der Waals surface area contributed by atoms with E-state index >= 15 is 0 Å². The second-order valence-corrected chi connectivity index (χ2v) is 8.22. The van der Waals surface area contributed by atoms with E-state index in [-0.39, 0.29) is 4.90 Å². The lowest BCUT2D eigenvalue weighted by Crippen LogP contribution is -2.48. The van der Waals surface area contributed by atoms with E-state index in [2.05, 4.69) is 19.6 Å². The van der Waals surface area contributed by atoms with Gasteiger partial charge in [0.25, 0.3) is 0 Å². The molecule has 0 spiro atoms.